The van der Waals surface area contributed by atoms with Gasteiger partial charge in [-0.1, -0.05) is 23.7 Å². The highest BCUT2D eigenvalue weighted by Gasteiger charge is 2.03. The maximum absolute atomic E-state index is 7.31. The first-order valence-corrected chi connectivity index (χ1v) is 3.51. The molecule has 2 nitrogen and oxygen atoms in total. The Hall–Kier alpha value is -1.02. The molecule has 0 aliphatic carbocycles. The lowest BCUT2D eigenvalue weighted by Gasteiger charge is -2.02. The van der Waals surface area contributed by atoms with Crippen molar-refractivity contribution in [1.29, 1.82) is 5.41 Å². The average molecular weight is 170 g/mol. The van der Waals surface area contributed by atoms with Crippen LogP contribution in [0.15, 0.2) is 24.3 Å². The number of methoxy groups -OCH3 is 1. The first kappa shape index (κ1) is 8.08. The number of hydrogen-bond donors (Lipinski definition) is 1. The van der Waals surface area contributed by atoms with Crippen molar-refractivity contribution in [2.45, 2.75) is 0 Å². The van der Waals surface area contributed by atoms with E-state index >= 15 is 0 Å². The Balaban J connectivity index is 3.03. The summed E-state index contributed by atoms with van der Waals surface area (Å²) in [5.41, 5.74) is 0.622. The molecule has 0 bridgehead atoms. The summed E-state index contributed by atoms with van der Waals surface area (Å²) in [5.74, 6) is 0.0931. The van der Waals surface area contributed by atoms with Crippen molar-refractivity contribution in [3.05, 3.63) is 34.9 Å². The van der Waals surface area contributed by atoms with Gasteiger partial charge in [0, 0.05) is 0 Å². The lowest BCUT2D eigenvalue weighted by atomic mass is 10.2. The molecular weight excluding hydrogens is 162 g/mol. The molecular formula is C8H8ClNO. The zero-order valence-corrected chi connectivity index (χ0v) is 6.85. The summed E-state index contributed by atoms with van der Waals surface area (Å²) >= 11 is 5.78. The van der Waals surface area contributed by atoms with Crippen LogP contribution in [0, 0.1) is 5.41 Å². The maximum Gasteiger partial charge on any atom is 0.214 e. The van der Waals surface area contributed by atoms with Crippen molar-refractivity contribution in [3.63, 3.8) is 0 Å². The van der Waals surface area contributed by atoms with E-state index in [1.165, 1.54) is 7.11 Å². The molecule has 0 aliphatic rings. The molecule has 1 rings (SSSR count). The quantitative estimate of drug-likeness (QED) is 0.508. The molecule has 1 aromatic rings. The topological polar surface area (TPSA) is 33.1 Å². The van der Waals surface area contributed by atoms with Crippen LogP contribution in [0.25, 0.3) is 0 Å². The first-order chi connectivity index (χ1) is 5.25. The largest absolute Gasteiger partial charge is 0.481 e. The van der Waals surface area contributed by atoms with Crippen LogP contribution in [0.2, 0.25) is 5.02 Å². The molecule has 0 radical (unpaired) electrons. The Morgan fingerprint density at radius 3 is 2.64 bits per heavy atom. The summed E-state index contributed by atoms with van der Waals surface area (Å²) in [6.07, 6.45) is 0. The molecule has 1 N–H and O–H groups in total. The smallest absolute Gasteiger partial charge is 0.214 e. The van der Waals surface area contributed by atoms with Crippen LogP contribution >= 0.6 is 11.6 Å². The normalized spacial score (nSPS) is 9.27. The minimum atomic E-state index is 0.0931. The second-order valence-corrected chi connectivity index (χ2v) is 2.42. The van der Waals surface area contributed by atoms with Gasteiger partial charge in [-0.3, -0.25) is 5.41 Å². The highest BCUT2D eigenvalue weighted by molar-refractivity contribution is 6.33. The Morgan fingerprint density at radius 1 is 1.45 bits per heavy atom. The van der Waals surface area contributed by atoms with E-state index in [2.05, 4.69) is 0 Å². The summed E-state index contributed by atoms with van der Waals surface area (Å²) in [5, 5.41) is 7.85. The Bertz CT molecular complexity index is 273. The van der Waals surface area contributed by atoms with Gasteiger partial charge in [0.2, 0.25) is 5.90 Å². The van der Waals surface area contributed by atoms with E-state index in [4.69, 9.17) is 21.7 Å². The molecule has 0 saturated carbocycles. The van der Waals surface area contributed by atoms with Crippen molar-refractivity contribution >= 4 is 17.5 Å². The lowest BCUT2D eigenvalue weighted by Crippen LogP contribution is -2.01. The minimum Gasteiger partial charge on any atom is -0.481 e. The standard InChI is InChI=1S/C8H8ClNO/c1-11-8(10)6-4-2-3-5-7(6)9/h2-5,10H,1H3. The SMILES string of the molecule is COC(=N)c1ccccc1Cl. The molecule has 0 spiro atoms. The van der Waals surface area contributed by atoms with Crippen LogP contribution < -0.4 is 0 Å². The van der Waals surface area contributed by atoms with E-state index in [0.29, 0.717) is 10.6 Å². The number of halogens is 1. The summed E-state index contributed by atoms with van der Waals surface area (Å²) in [6.45, 7) is 0. The van der Waals surface area contributed by atoms with Gasteiger partial charge in [-0.2, -0.15) is 0 Å². The summed E-state index contributed by atoms with van der Waals surface area (Å²) in [7, 11) is 1.45. The second kappa shape index (κ2) is 3.39. The fraction of sp³-hybridized carbons (Fsp3) is 0.125. The van der Waals surface area contributed by atoms with Gasteiger partial charge in [-0.05, 0) is 12.1 Å². The molecule has 0 aliphatic heterocycles. The van der Waals surface area contributed by atoms with Crippen LogP contribution in [-0.2, 0) is 4.74 Å². The fourth-order valence-corrected chi connectivity index (χ4v) is 0.977. The van der Waals surface area contributed by atoms with Crippen LogP contribution in [0.3, 0.4) is 0 Å². The molecule has 0 aromatic heterocycles. The number of hydrogen-bond acceptors (Lipinski definition) is 2. The fourth-order valence-electron chi connectivity index (χ4n) is 0.755. The number of ether oxygens (including phenoxy) is 1. The van der Waals surface area contributed by atoms with Gasteiger partial charge < -0.3 is 4.74 Å². The van der Waals surface area contributed by atoms with Gasteiger partial charge >= 0.3 is 0 Å². The molecule has 0 heterocycles. The zero-order chi connectivity index (χ0) is 8.27. The van der Waals surface area contributed by atoms with Gasteiger partial charge in [0.1, 0.15) is 0 Å². The predicted octanol–water partition coefficient (Wildman–Crippen LogP) is 2.31. The number of benzene rings is 1. The minimum absolute atomic E-state index is 0.0931. The van der Waals surface area contributed by atoms with Crippen LogP contribution in [0.1, 0.15) is 5.56 Å². The van der Waals surface area contributed by atoms with E-state index in [1.54, 1.807) is 12.1 Å². The summed E-state index contributed by atoms with van der Waals surface area (Å²) < 4.78 is 4.72. The average Bonchev–Trinajstić information content (AvgIpc) is 2.04. The molecule has 11 heavy (non-hydrogen) atoms. The Labute approximate surface area is 70.3 Å². The lowest BCUT2D eigenvalue weighted by molar-refractivity contribution is 0.401. The molecule has 0 fully saturated rings. The Morgan fingerprint density at radius 2 is 2.09 bits per heavy atom. The third-order valence-electron chi connectivity index (χ3n) is 1.32. The number of rotatable bonds is 1. The highest BCUT2D eigenvalue weighted by atomic mass is 35.5. The predicted molar refractivity (Wildman–Crippen MR) is 45.3 cm³/mol. The number of nitrogens with one attached hydrogen (secondary N) is 1. The molecule has 1 aromatic carbocycles. The summed E-state index contributed by atoms with van der Waals surface area (Å²) in [6, 6.07) is 7.10. The molecule has 3 heteroatoms. The Kier molecular flexibility index (Phi) is 2.49. The van der Waals surface area contributed by atoms with E-state index in [9.17, 15) is 0 Å². The van der Waals surface area contributed by atoms with Crippen molar-refractivity contribution < 1.29 is 4.74 Å². The van der Waals surface area contributed by atoms with Crippen molar-refractivity contribution in [1.82, 2.24) is 0 Å². The van der Waals surface area contributed by atoms with E-state index in [-0.39, 0.29) is 5.90 Å². The molecule has 0 saturated heterocycles. The highest BCUT2D eigenvalue weighted by Crippen LogP contribution is 2.15. The third kappa shape index (κ3) is 1.71. The van der Waals surface area contributed by atoms with Crippen LogP contribution in [0.5, 0.6) is 0 Å². The van der Waals surface area contributed by atoms with Crippen molar-refractivity contribution in [2.24, 2.45) is 0 Å². The molecule has 0 atom stereocenters. The third-order valence-corrected chi connectivity index (χ3v) is 1.65. The molecule has 0 amide bonds. The van der Waals surface area contributed by atoms with Gasteiger partial charge in [-0.15, -0.1) is 0 Å². The van der Waals surface area contributed by atoms with E-state index in [1.807, 2.05) is 12.1 Å². The molecule has 0 unspecified atom stereocenters. The van der Waals surface area contributed by atoms with Gasteiger partial charge in [0.15, 0.2) is 0 Å². The van der Waals surface area contributed by atoms with Gasteiger partial charge in [0.25, 0.3) is 0 Å². The van der Waals surface area contributed by atoms with E-state index < -0.39 is 0 Å². The van der Waals surface area contributed by atoms with Crippen LogP contribution in [0.4, 0.5) is 0 Å². The van der Waals surface area contributed by atoms with Gasteiger partial charge in [0.05, 0.1) is 17.7 Å². The zero-order valence-electron chi connectivity index (χ0n) is 6.10. The van der Waals surface area contributed by atoms with E-state index in [0.717, 1.165) is 0 Å². The van der Waals surface area contributed by atoms with Crippen LogP contribution in [-0.4, -0.2) is 13.0 Å². The molecule has 58 valence electrons. The van der Waals surface area contributed by atoms with Crippen molar-refractivity contribution in [2.75, 3.05) is 7.11 Å². The summed E-state index contributed by atoms with van der Waals surface area (Å²) in [4.78, 5) is 0. The van der Waals surface area contributed by atoms with Gasteiger partial charge in [-0.25, -0.2) is 0 Å². The monoisotopic (exact) mass is 169 g/mol. The second-order valence-electron chi connectivity index (χ2n) is 2.01. The first-order valence-electron chi connectivity index (χ1n) is 3.13. The maximum atomic E-state index is 7.31. The van der Waals surface area contributed by atoms with Crippen molar-refractivity contribution in [3.8, 4) is 0 Å².